The third-order valence-corrected chi connectivity index (χ3v) is 10.2. The lowest BCUT2D eigenvalue weighted by Crippen LogP contribution is -2.01. The first-order valence-electron chi connectivity index (χ1n) is 17.4. The first kappa shape index (κ1) is 28.7. The van der Waals surface area contributed by atoms with E-state index in [0.29, 0.717) is 17.5 Å². The number of hydrogen-bond donors (Lipinski definition) is 0. The maximum Gasteiger partial charge on any atom is 0.164 e. The van der Waals surface area contributed by atoms with Crippen molar-refractivity contribution in [2.75, 3.05) is 0 Å². The van der Waals surface area contributed by atoms with Crippen LogP contribution in [0.2, 0.25) is 0 Å². The molecular formula is C47H28N4O. The smallest absolute Gasteiger partial charge is 0.164 e. The molecule has 0 saturated heterocycles. The Hall–Kier alpha value is -7.11. The molecule has 0 saturated carbocycles. The molecule has 5 nitrogen and oxygen atoms in total. The molecule has 8 aromatic carbocycles. The highest BCUT2D eigenvalue weighted by Gasteiger charge is 2.19. The number of fused-ring (bicyclic) bond motifs is 9. The summed E-state index contributed by atoms with van der Waals surface area (Å²) in [6.45, 7) is 0. The van der Waals surface area contributed by atoms with Crippen LogP contribution in [0.4, 0.5) is 0 Å². The van der Waals surface area contributed by atoms with Gasteiger partial charge in [-0.1, -0.05) is 121 Å². The topological polar surface area (TPSA) is 56.7 Å². The monoisotopic (exact) mass is 664 g/mol. The van der Waals surface area contributed by atoms with Gasteiger partial charge in [0.05, 0.1) is 11.0 Å². The van der Waals surface area contributed by atoms with Crippen LogP contribution in [0.5, 0.6) is 0 Å². The van der Waals surface area contributed by atoms with E-state index in [1.165, 1.54) is 38.0 Å². The molecule has 3 aromatic heterocycles. The standard InChI is InChI=1S/C47H28N4O/c1-2-12-32-28-33(21-20-29(32)10-1)46-48-45(49-47(50-46)39-16-9-19-42-43(39)38-15-6-8-18-41(38)52-42)31-22-25-34(26-23-31)51-40-17-7-5-14-36(40)37-27-24-30-11-3-4-13-35(30)44(37)51/h1-28H. The average Bonchev–Trinajstić information content (AvgIpc) is 3.77. The summed E-state index contributed by atoms with van der Waals surface area (Å²) < 4.78 is 8.63. The van der Waals surface area contributed by atoms with Gasteiger partial charge in [-0.3, -0.25) is 0 Å². The van der Waals surface area contributed by atoms with Crippen molar-refractivity contribution in [3.05, 3.63) is 170 Å². The molecule has 0 spiro atoms. The summed E-state index contributed by atoms with van der Waals surface area (Å²) in [4.78, 5) is 15.4. The largest absolute Gasteiger partial charge is 0.456 e. The summed E-state index contributed by atoms with van der Waals surface area (Å²) in [6.07, 6.45) is 0. The zero-order valence-electron chi connectivity index (χ0n) is 27.9. The van der Waals surface area contributed by atoms with Crippen LogP contribution in [0.3, 0.4) is 0 Å². The van der Waals surface area contributed by atoms with Crippen molar-refractivity contribution in [3.8, 4) is 39.9 Å². The first-order chi connectivity index (χ1) is 25.8. The Balaban J connectivity index is 1.12. The molecule has 0 aliphatic rings. The maximum atomic E-state index is 6.26. The molecule has 0 bridgehead atoms. The van der Waals surface area contributed by atoms with Crippen LogP contribution in [0.15, 0.2) is 174 Å². The van der Waals surface area contributed by atoms with Gasteiger partial charge in [-0.2, -0.15) is 0 Å². The Morgan fingerprint density at radius 3 is 1.90 bits per heavy atom. The van der Waals surface area contributed by atoms with Crippen LogP contribution in [0.1, 0.15) is 0 Å². The number of para-hydroxylation sites is 2. The molecule has 0 aliphatic heterocycles. The summed E-state index contributed by atoms with van der Waals surface area (Å²) in [7, 11) is 0. The number of aromatic nitrogens is 4. The number of nitrogens with zero attached hydrogens (tertiary/aromatic N) is 4. The van der Waals surface area contributed by atoms with Crippen LogP contribution in [0.25, 0.3) is 105 Å². The summed E-state index contributed by atoms with van der Waals surface area (Å²) in [5.74, 6) is 1.83. The fourth-order valence-electron chi connectivity index (χ4n) is 7.80. The lowest BCUT2D eigenvalue weighted by Gasteiger charge is -2.12. The second-order valence-corrected chi connectivity index (χ2v) is 13.2. The van der Waals surface area contributed by atoms with Gasteiger partial charge in [0.15, 0.2) is 17.5 Å². The van der Waals surface area contributed by atoms with Gasteiger partial charge < -0.3 is 8.98 Å². The Morgan fingerprint density at radius 1 is 0.404 bits per heavy atom. The van der Waals surface area contributed by atoms with Crippen molar-refractivity contribution in [1.29, 1.82) is 0 Å². The molecule has 0 N–H and O–H groups in total. The highest BCUT2D eigenvalue weighted by atomic mass is 16.3. The van der Waals surface area contributed by atoms with E-state index in [1.54, 1.807) is 0 Å². The van der Waals surface area contributed by atoms with E-state index in [1.807, 2.05) is 30.3 Å². The lowest BCUT2D eigenvalue weighted by molar-refractivity contribution is 0.669. The second-order valence-electron chi connectivity index (χ2n) is 13.2. The number of rotatable bonds is 4. The quantitative estimate of drug-likeness (QED) is 0.188. The Morgan fingerprint density at radius 2 is 1.04 bits per heavy atom. The van der Waals surface area contributed by atoms with Crippen LogP contribution in [-0.2, 0) is 0 Å². The molecule has 5 heteroatoms. The third kappa shape index (κ3) is 4.39. The van der Waals surface area contributed by atoms with Gasteiger partial charge >= 0.3 is 0 Å². The van der Waals surface area contributed by atoms with E-state index in [2.05, 4.69) is 144 Å². The van der Waals surface area contributed by atoms with Crippen molar-refractivity contribution >= 4 is 65.3 Å². The zero-order valence-corrected chi connectivity index (χ0v) is 27.9. The van der Waals surface area contributed by atoms with Crippen molar-refractivity contribution in [2.45, 2.75) is 0 Å². The highest BCUT2D eigenvalue weighted by Crippen LogP contribution is 2.39. The van der Waals surface area contributed by atoms with E-state index >= 15 is 0 Å². The van der Waals surface area contributed by atoms with Gasteiger partial charge in [0, 0.05) is 49.3 Å². The molecule has 3 heterocycles. The summed E-state index contributed by atoms with van der Waals surface area (Å²) >= 11 is 0. The molecule has 242 valence electrons. The fourth-order valence-corrected chi connectivity index (χ4v) is 7.80. The van der Waals surface area contributed by atoms with Gasteiger partial charge in [-0.15, -0.1) is 0 Å². The minimum absolute atomic E-state index is 0.600. The maximum absolute atomic E-state index is 6.26. The van der Waals surface area contributed by atoms with Gasteiger partial charge in [0.2, 0.25) is 0 Å². The molecule has 0 radical (unpaired) electrons. The Kier molecular flexibility index (Phi) is 6.18. The Labute approximate surface area is 298 Å². The van der Waals surface area contributed by atoms with Gasteiger partial charge in [0.25, 0.3) is 0 Å². The van der Waals surface area contributed by atoms with Crippen molar-refractivity contribution in [3.63, 3.8) is 0 Å². The molecule has 0 fully saturated rings. The fraction of sp³-hybridized carbons (Fsp3) is 0. The molecule has 0 amide bonds. The molecule has 0 atom stereocenters. The van der Waals surface area contributed by atoms with Crippen LogP contribution >= 0.6 is 0 Å². The molecule has 52 heavy (non-hydrogen) atoms. The van der Waals surface area contributed by atoms with Crippen molar-refractivity contribution in [1.82, 2.24) is 19.5 Å². The predicted molar refractivity (Wildman–Crippen MR) is 213 cm³/mol. The van der Waals surface area contributed by atoms with E-state index in [0.717, 1.165) is 49.7 Å². The average molecular weight is 665 g/mol. The zero-order chi connectivity index (χ0) is 34.2. The van der Waals surface area contributed by atoms with E-state index in [9.17, 15) is 0 Å². The molecule has 0 aliphatic carbocycles. The number of benzene rings is 8. The minimum atomic E-state index is 0.600. The molecule has 11 aromatic rings. The van der Waals surface area contributed by atoms with Gasteiger partial charge in [-0.05, 0) is 64.7 Å². The highest BCUT2D eigenvalue weighted by molar-refractivity contribution is 6.18. The van der Waals surface area contributed by atoms with Crippen molar-refractivity contribution < 1.29 is 4.42 Å². The molecular weight excluding hydrogens is 637 g/mol. The normalized spacial score (nSPS) is 11.8. The van der Waals surface area contributed by atoms with Crippen molar-refractivity contribution in [2.24, 2.45) is 0 Å². The van der Waals surface area contributed by atoms with E-state index in [4.69, 9.17) is 19.4 Å². The number of furan rings is 1. The number of hydrogen-bond acceptors (Lipinski definition) is 4. The SMILES string of the molecule is c1ccc2cc(-c3nc(-c4ccc(-n5c6ccccc6c6ccc7ccccc7c65)cc4)nc(-c4cccc5oc6ccccc6c45)n3)ccc2c1. The lowest BCUT2D eigenvalue weighted by atomic mass is 10.0. The van der Waals surface area contributed by atoms with Crippen LogP contribution in [0, 0.1) is 0 Å². The minimum Gasteiger partial charge on any atom is -0.456 e. The van der Waals surface area contributed by atoms with E-state index < -0.39 is 0 Å². The molecule has 0 unspecified atom stereocenters. The predicted octanol–water partition coefficient (Wildman–Crippen LogP) is 12.2. The van der Waals surface area contributed by atoms with Crippen LogP contribution in [-0.4, -0.2) is 19.5 Å². The molecule has 11 rings (SSSR count). The van der Waals surface area contributed by atoms with Gasteiger partial charge in [-0.25, -0.2) is 15.0 Å². The van der Waals surface area contributed by atoms with Gasteiger partial charge in [0.1, 0.15) is 11.2 Å². The second kappa shape index (κ2) is 11.2. The summed E-state index contributed by atoms with van der Waals surface area (Å²) in [5, 5.41) is 9.24. The Bertz CT molecular complexity index is 3190. The van der Waals surface area contributed by atoms with E-state index in [-0.39, 0.29) is 0 Å². The summed E-state index contributed by atoms with van der Waals surface area (Å²) in [5.41, 5.74) is 7.83. The van der Waals surface area contributed by atoms with Crippen LogP contribution < -0.4 is 0 Å². The first-order valence-corrected chi connectivity index (χ1v) is 17.4. The third-order valence-electron chi connectivity index (χ3n) is 10.2. The summed E-state index contributed by atoms with van der Waals surface area (Å²) in [6, 6.07) is 59.2.